The van der Waals surface area contributed by atoms with E-state index >= 15 is 0 Å². The van der Waals surface area contributed by atoms with E-state index in [0.717, 1.165) is 12.0 Å². The van der Waals surface area contributed by atoms with Crippen LogP contribution in [0.1, 0.15) is 18.9 Å². The predicted molar refractivity (Wildman–Crippen MR) is 72.0 cm³/mol. The monoisotopic (exact) mass is 229 g/mol. The minimum Gasteiger partial charge on any atom is -0.385 e. The molecule has 0 radical (unpaired) electrons. The fourth-order valence-corrected chi connectivity index (χ4v) is 2.00. The Morgan fingerprint density at radius 2 is 1.82 bits per heavy atom. The predicted octanol–water partition coefficient (Wildman–Crippen LogP) is 3.05. The van der Waals surface area contributed by atoms with E-state index in [4.69, 9.17) is 10.5 Å². The van der Waals surface area contributed by atoms with Gasteiger partial charge in [-0.3, -0.25) is 0 Å². The van der Waals surface area contributed by atoms with Crippen molar-refractivity contribution in [3.8, 4) is 0 Å². The minimum atomic E-state index is -0.333. The molecule has 2 aromatic carbocycles. The van der Waals surface area contributed by atoms with Gasteiger partial charge in [0.2, 0.25) is 0 Å². The van der Waals surface area contributed by atoms with Gasteiger partial charge < -0.3 is 10.5 Å². The average molecular weight is 229 g/mol. The Balaban J connectivity index is 2.35. The Hall–Kier alpha value is -1.38. The molecule has 2 N–H and O–H groups in total. The summed E-state index contributed by atoms with van der Waals surface area (Å²) < 4.78 is 5.11. The third kappa shape index (κ3) is 2.65. The van der Waals surface area contributed by atoms with Gasteiger partial charge >= 0.3 is 0 Å². The van der Waals surface area contributed by atoms with E-state index < -0.39 is 0 Å². The average Bonchev–Trinajstić information content (AvgIpc) is 2.36. The van der Waals surface area contributed by atoms with Crippen molar-refractivity contribution in [1.29, 1.82) is 0 Å². The van der Waals surface area contributed by atoms with Crippen molar-refractivity contribution in [2.24, 2.45) is 5.73 Å². The SMILES string of the molecule is COCCC(C)(N)c1ccc2ccccc2c1. The molecular weight excluding hydrogens is 210 g/mol. The van der Waals surface area contributed by atoms with Gasteiger partial charge in [0.25, 0.3) is 0 Å². The number of nitrogens with two attached hydrogens (primary N) is 1. The smallest absolute Gasteiger partial charge is 0.0482 e. The number of methoxy groups -OCH3 is 1. The van der Waals surface area contributed by atoms with Crippen LogP contribution >= 0.6 is 0 Å². The first kappa shape index (κ1) is 12.1. The molecule has 0 fully saturated rings. The molecule has 90 valence electrons. The quantitative estimate of drug-likeness (QED) is 0.874. The largest absolute Gasteiger partial charge is 0.385 e. The summed E-state index contributed by atoms with van der Waals surface area (Å²) in [5.41, 5.74) is 7.16. The van der Waals surface area contributed by atoms with Crippen LogP contribution in [0, 0.1) is 0 Å². The van der Waals surface area contributed by atoms with E-state index in [1.807, 2.05) is 0 Å². The van der Waals surface area contributed by atoms with E-state index in [0.29, 0.717) is 6.61 Å². The van der Waals surface area contributed by atoms with E-state index in [1.165, 1.54) is 10.8 Å². The van der Waals surface area contributed by atoms with Crippen LogP contribution in [0.5, 0.6) is 0 Å². The molecule has 0 saturated heterocycles. The molecule has 2 heteroatoms. The Morgan fingerprint density at radius 3 is 2.53 bits per heavy atom. The van der Waals surface area contributed by atoms with E-state index in [9.17, 15) is 0 Å². The lowest BCUT2D eigenvalue weighted by atomic mass is 9.88. The normalized spacial score (nSPS) is 14.8. The van der Waals surface area contributed by atoms with Crippen LogP contribution < -0.4 is 5.73 Å². The molecule has 0 saturated carbocycles. The zero-order valence-electron chi connectivity index (χ0n) is 10.4. The lowest BCUT2D eigenvalue weighted by Crippen LogP contribution is -2.34. The Morgan fingerprint density at radius 1 is 1.12 bits per heavy atom. The second kappa shape index (κ2) is 4.86. The number of hydrogen-bond donors (Lipinski definition) is 1. The van der Waals surface area contributed by atoms with Crippen molar-refractivity contribution in [2.45, 2.75) is 18.9 Å². The van der Waals surface area contributed by atoms with Crippen molar-refractivity contribution >= 4 is 10.8 Å². The van der Waals surface area contributed by atoms with Crippen LogP contribution in [-0.4, -0.2) is 13.7 Å². The molecule has 2 aromatic rings. The number of benzene rings is 2. The molecule has 0 spiro atoms. The molecule has 0 heterocycles. The second-order valence-electron chi connectivity index (χ2n) is 4.72. The van der Waals surface area contributed by atoms with Crippen LogP contribution in [0.4, 0.5) is 0 Å². The summed E-state index contributed by atoms with van der Waals surface area (Å²) >= 11 is 0. The molecule has 0 bridgehead atoms. The third-order valence-electron chi connectivity index (χ3n) is 3.23. The van der Waals surface area contributed by atoms with E-state index in [-0.39, 0.29) is 5.54 Å². The zero-order chi connectivity index (χ0) is 12.3. The summed E-state index contributed by atoms with van der Waals surface area (Å²) in [5.74, 6) is 0. The summed E-state index contributed by atoms with van der Waals surface area (Å²) in [6.07, 6.45) is 0.821. The molecule has 2 nitrogen and oxygen atoms in total. The molecule has 0 aliphatic rings. The van der Waals surface area contributed by atoms with Gasteiger partial charge in [-0.2, -0.15) is 0 Å². The first-order valence-corrected chi connectivity index (χ1v) is 5.90. The van der Waals surface area contributed by atoms with Gasteiger partial charge in [-0.1, -0.05) is 36.4 Å². The Bertz CT molecular complexity index is 505. The standard InChI is InChI=1S/C15H19NO/c1-15(16,9-10-17-2)14-8-7-12-5-3-4-6-13(12)11-14/h3-8,11H,9-10,16H2,1-2H3. The van der Waals surface area contributed by atoms with Gasteiger partial charge in [0, 0.05) is 19.3 Å². The van der Waals surface area contributed by atoms with Crippen LogP contribution in [0.2, 0.25) is 0 Å². The van der Waals surface area contributed by atoms with Gasteiger partial charge in [-0.25, -0.2) is 0 Å². The first-order chi connectivity index (χ1) is 8.13. The van der Waals surface area contributed by atoms with Crippen molar-refractivity contribution in [3.63, 3.8) is 0 Å². The number of hydrogen-bond acceptors (Lipinski definition) is 2. The first-order valence-electron chi connectivity index (χ1n) is 5.90. The lowest BCUT2D eigenvalue weighted by Gasteiger charge is -2.25. The highest BCUT2D eigenvalue weighted by Gasteiger charge is 2.20. The summed E-state index contributed by atoms with van der Waals surface area (Å²) in [5, 5.41) is 2.48. The number of rotatable bonds is 4. The molecule has 17 heavy (non-hydrogen) atoms. The fraction of sp³-hybridized carbons (Fsp3) is 0.333. The van der Waals surface area contributed by atoms with Crippen molar-refractivity contribution in [3.05, 3.63) is 48.0 Å². The van der Waals surface area contributed by atoms with E-state index in [1.54, 1.807) is 7.11 Å². The molecule has 0 amide bonds. The number of ether oxygens (including phenoxy) is 1. The van der Waals surface area contributed by atoms with Crippen molar-refractivity contribution in [2.75, 3.05) is 13.7 Å². The maximum atomic E-state index is 6.34. The summed E-state index contributed by atoms with van der Waals surface area (Å²) in [6, 6.07) is 14.7. The Kier molecular flexibility index (Phi) is 3.46. The van der Waals surface area contributed by atoms with Crippen LogP contribution in [0.25, 0.3) is 10.8 Å². The van der Waals surface area contributed by atoms with Crippen molar-refractivity contribution in [1.82, 2.24) is 0 Å². The van der Waals surface area contributed by atoms with Crippen LogP contribution in [-0.2, 0) is 10.3 Å². The highest BCUT2D eigenvalue weighted by molar-refractivity contribution is 5.83. The lowest BCUT2D eigenvalue weighted by molar-refractivity contribution is 0.172. The fourth-order valence-electron chi connectivity index (χ4n) is 2.00. The third-order valence-corrected chi connectivity index (χ3v) is 3.23. The topological polar surface area (TPSA) is 35.2 Å². The van der Waals surface area contributed by atoms with Gasteiger partial charge in [0.15, 0.2) is 0 Å². The molecule has 0 aromatic heterocycles. The zero-order valence-corrected chi connectivity index (χ0v) is 10.4. The number of fused-ring (bicyclic) bond motifs is 1. The molecule has 2 rings (SSSR count). The van der Waals surface area contributed by atoms with Crippen LogP contribution in [0.3, 0.4) is 0 Å². The molecule has 1 atom stereocenters. The summed E-state index contributed by atoms with van der Waals surface area (Å²) in [6.45, 7) is 2.73. The maximum absolute atomic E-state index is 6.34. The minimum absolute atomic E-state index is 0.333. The Labute approximate surface area is 102 Å². The van der Waals surface area contributed by atoms with E-state index in [2.05, 4.69) is 49.4 Å². The van der Waals surface area contributed by atoms with Gasteiger partial charge in [-0.15, -0.1) is 0 Å². The molecule has 0 aliphatic heterocycles. The highest BCUT2D eigenvalue weighted by Crippen LogP contribution is 2.25. The molecule has 1 unspecified atom stereocenters. The molecule has 0 aliphatic carbocycles. The van der Waals surface area contributed by atoms with Crippen LogP contribution in [0.15, 0.2) is 42.5 Å². The summed E-state index contributed by atoms with van der Waals surface area (Å²) in [4.78, 5) is 0. The molecular formula is C15H19NO. The summed E-state index contributed by atoms with van der Waals surface area (Å²) in [7, 11) is 1.70. The second-order valence-corrected chi connectivity index (χ2v) is 4.72. The van der Waals surface area contributed by atoms with Gasteiger partial charge in [-0.05, 0) is 35.7 Å². The van der Waals surface area contributed by atoms with Crippen molar-refractivity contribution < 1.29 is 4.74 Å². The highest BCUT2D eigenvalue weighted by atomic mass is 16.5. The maximum Gasteiger partial charge on any atom is 0.0482 e. The van der Waals surface area contributed by atoms with Gasteiger partial charge in [0.1, 0.15) is 0 Å². The van der Waals surface area contributed by atoms with Gasteiger partial charge in [0.05, 0.1) is 0 Å².